The summed E-state index contributed by atoms with van der Waals surface area (Å²) in [6, 6.07) is 24.2. The van der Waals surface area contributed by atoms with Gasteiger partial charge in [-0.3, -0.25) is 9.59 Å². The number of hydrogen-bond acceptors (Lipinski definition) is 4. The average molecular weight is 425 g/mol. The molecule has 6 heteroatoms. The molecule has 6 nitrogen and oxygen atoms in total. The minimum Gasteiger partial charge on any atom is -0.497 e. The molecule has 0 atom stereocenters. The first-order valence-electron chi connectivity index (χ1n) is 10.2. The average Bonchev–Trinajstić information content (AvgIpc) is 2.83. The van der Waals surface area contributed by atoms with Gasteiger partial charge in [0.1, 0.15) is 11.6 Å². The Bertz CT molecular complexity index is 1340. The molecule has 0 saturated heterocycles. The van der Waals surface area contributed by atoms with Gasteiger partial charge in [0.15, 0.2) is 0 Å². The molecular weight excluding hydrogens is 402 g/mol. The molecule has 0 aliphatic heterocycles. The standard InChI is InChI=1S/C26H23N3O3/c1-29(17-24-27-23-14-7-6-13-21(23)25(30)28-24)26(31)22(19-10-4-3-5-11-19)16-18-9-8-12-20(15-18)32-2/h3-16H,17H2,1-2H3,(H,27,28,30). The van der Waals surface area contributed by atoms with Gasteiger partial charge >= 0.3 is 0 Å². The Morgan fingerprint density at radius 1 is 1.03 bits per heavy atom. The Hall–Kier alpha value is -4.19. The molecule has 1 heterocycles. The summed E-state index contributed by atoms with van der Waals surface area (Å²) < 4.78 is 5.31. The van der Waals surface area contributed by atoms with Crippen molar-refractivity contribution in [2.45, 2.75) is 6.54 Å². The lowest BCUT2D eigenvalue weighted by atomic mass is 10.0. The first kappa shape index (κ1) is 21.1. The van der Waals surface area contributed by atoms with E-state index in [1.807, 2.05) is 66.7 Å². The van der Waals surface area contributed by atoms with Crippen molar-refractivity contribution in [3.63, 3.8) is 0 Å². The highest BCUT2D eigenvalue weighted by Gasteiger charge is 2.18. The zero-order chi connectivity index (χ0) is 22.5. The molecule has 0 aliphatic carbocycles. The van der Waals surface area contributed by atoms with Crippen LogP contribution < -0.4 is 10.3 Å². The van der Waals surface area contributed by atoms with Crippen LogP contribution in [-0.4, -0.2) is 34.9 Å². The second kappa shape index (κ2) is 9.31. The van der Waals surface area contributed by atoms with Gasteiger partial charge in [-0.2, -0.15) is 0 Å². The summed E-state index contributed by atoms with van der Waals surface area (Å²) in [5.74, 6) is 0.957. The lowest BCUT2D eigenvalue weighted by Crippen LogP contribution is -2.29. The van der Waals surface area contributed by atoms with Crippen LogP contribution in [0.4, 0.5) is 0 Å². The number of rotatable bonds is 6. The summed E-state index contributed by atoms with van der Waals surface area (Å²) >= 11 is 0. The molecular formula is C26H23N3O3. The number of nitrogens with one attached hydrogen (secondary N) is 1. The van der Waals surface area contributed by atoms with Crippen molar-refractivity contribution in [2.24, 2.45) is 0 Å². The number of likely N-dealkylation sites (N-methyl/N-ethyl adjacent to an activating group) is 1. The van der Waals surface area contributed by atoms with Gasteiger partial charge in [0.05, 0.1) is 24.6 Å². The van der Waals surface area contributed by atoms with Crippen LogP contribution in [0.25, 0.3) is 22.6 Å². The number of ether oxygens (including phenoxy) is 1. The summed E-state index contributed by atoms with van der Waals surface area (Å²) in [7, 11) is 3.30. The van der Waals surface area contributed by atoms with E-state index in [1.54, 1.807) is 37.3 Å². The number of hydrogen-bond donors (Lipinski definition) is 1. The monoisotopic (exact) mass is 425 g/mol. The fraction of sp³-hybridized carbons (Fsp3) is 0.115. The maximum Gasteiger partial charge on any atom is 0.258 e. The maximum atomic E-state index is 13.5. The molecule has 0 unspecified atom stereocenters. The number of carbonyl (C=O) groups excluding carboxylic acids is 1. The quantitative estimate of drug-likeness (QED) is 0.372. The van der Waals surface area contributed by atoms with Gasteiger partial charge in [-0.15, -0.1) is 0 Å². The van der Waals surface area contributed by atoms with Gasteiger partial charge in [0.25, 0.3) is 11.5 Å². The van der Waals surface area contributed by atoms with E-state index < -0.39 is 0 Å². The molecule has 32 heavy (non-hydrogen) atoms. The molecule has 1 amide bonds. The van der Waals surface area contributed by atoms with E-state index in [0.717, 1.165) is 11.1 Å². The van der Waals surface area contributed by atoms with E-state index in [2.05, 4.69) is 9.97 Å². The van der Waals surface area contributed by atoms with E-state index in [0.29, 0.717) is 28.0 Å². The predicted octanol–water partition coefficient (Wildman–Crippen LogP) is 4.13. The molecule has 1 aromatic heterocycles. The molecule has 0 bridgehead atoms. The topological polar surface area (TPSA) is 75.3 Å². The largest absolute Gasteiger partial charge is 0.497 e. The van der Waals surface area contributed by atoms with Crippen LogP contribution in [0, 0.1) is 0 Å². The summed E-state index contributed by atoms with van der Waals surface area (Å²) in [4.78, 5) is 34.7. The number of aromatic nitrogens is 2. The smallest absolute Gasteiger partial charge is 0.258 e. The fourth-order valence-corrected chi connectivity index (χ4v) is 3.50. The van der Waals surface area contributed by atoms with Gasteiger partial charge < -0.3 is 14.6 Å². The van der Waals surface area contributed by atoms with Crippen LogP contribution in [-0.2, 0) is 11.3 Å². The third kappa shape index (κ3) is 4.59. The minimum atomic E-state index is -0.221. The zero-order valence-corrected chi connectivity index (χ0v) is 17.9. The van der Waals surface area contributed by atoms with Crippen molar-refractivity contribution >= 4 is 28.5 Å². The molecule has 3 aromatic carbocycles. The Morgan fingerprint density at radius 3 is 2.56 bits per heavy atom. The summed E-state index contributed by atoms with van der Waals surface area (Å²) in [5.41, 5.74) is 2.56. The number of para-hydroxylation sites is 1. The van der Waals surface area contributed by atoms with Crippen molar-refractivity contribution in [3.05, 3.63) is 106 Å². The molecule has 4 rings (SSSR count). The van der Waals surface area contributed by atoms with E-state index in [9.17, 15) is 9.59 Å². The summed E-state index contributed by atoms with van der Waals surface area (Å²) in [6.45, 7) is 0.168. The second-order valence-electron chi connectivity index (χ2n) is 7.39. The molecule has 160 valence electrons. The zero-order valence-electron chi connectivity index (χ0n) is 17.9. The van der Waals surface area contributed by atoms with Crippen molar-refractivity contribution in [2.75, 3.05) is 14.2 Å². The van der Waals surface area contributed by atoms with Crippen molar-refractivity contribution in [3.8, 4) is 5.75 Å². The normalized spacial score (nSPS) is 11.4. The lowest BCUT2D eigenvalue weighted by Gasteiger charge is -2.19. The predicted molar refractivity (Wildman–Crippen MR) is 126 cm³/mol. The van der Waals surface area contributed by atoms with Crippen LogP contribution >= 0.6 is 0 Å². The highest BCUT2D eigenvalue weighted by atomic mass is 16.5. The molecule has 4 aromatic rings. The lowest BCUT2D eigenvalue weighted by molar-refractivity contribution is -0.124. The van der Waals surface area contributed by atoms with Crippen LogP contribution in [0.3, 0.4) is 0 Å². The van der Waals surface area contributed by atoms with Gasteiger partial charge in [-0.05, 0) is 41.5 Å². The molecule has 0 spiro atoms. The number of H-pyrrole nitrogens is 1. The van der Waals surface area contributed by atoms with E-state index in [4.69, 9.17) is 4.74 Å². The Labute approximate surface area is 185 Å². The van der Waals surface area contributed by atoms with E-state index in [1.165, 1.54) is 0 Å². The van der Waals surface area contributed by atoms with E-state index in [-0.39, 0.29) is 18.0 Å². The number of nitrogens with zero attached hydrogens (tertiary/aromatic N) is 2. The van der Waals surface area contributed by atoms with Gasteiger partial charge in [0, 0.05) is 12.6 Å². The number of fused-ring (bicyclic) bond motifs is 1. The van der Waals surface area contributed by atoms with Gasteiger partial charge in [0.2, 0.25) is 0 Å². The SMILES string of the molecule is COc1cccc(C=C(C(=O)N(C)Cc2nc3ccccc3c(=O)[nH]2)c2ccccc2)c1. The Kier molecular flexibility index (Phi) is 6.12. The van der Waals surface area contributed by atoms with Crippen molar-refractivity contribution in [1.29, 1.82) is 0 Å². The van der Waals surface area contributed by atoms with Crippen LogP contribution in [0.1, 0.15) is 17.0 Å². The Balaban J connectivity index is 1.68. The molecule has 0 aliphatic rings. The van der Waals surface area contributed by atoms with Crippen molar-refractivity contribution < 1.29 is 9.53 Å². The van der Waals surface area contributed by atoms with Crippen molar-refractivity contribution in [1.82, 2.24) is 14.9 Å². The molecule has 0 fully saturated rings. The summed E-state index contributed by atoms with van der Waals surface area (Å²) in [6.07, 6.45) is 1.84. The number of amides is 1. The highest BCUT2D eigenvalue weighted by Crippen LogP contribution is 2.23. The number of benzene rings is 3. The van der Waals surface area contributed by atoms with E-state index >= 15 is 0 Å². The third-order valence-corrected chi connectivity index (χ3v) is 5.12. The Morgan fingerprint density at radius 2 is 1.78 bits per heavy atom. The van der Waals surface area contributed by atoms with Crippen LogP contribution in [0.15, 0.2) is 83.7 Å². The summed E-state index contributed by atoms with van der Waals surface area (Å²) in [5, 5.41) is 0.521. The minimum absolute atomic E-state index is 0.168. The molecule has 1 N–H and O–H groups in total. The van der Waals surface area contributed by atoms with Crippen LogP contribution in [0.5, 0.6) is 5.75 Å². The van der Waals surface area contributed by atoms with Gasteiger partial charge in [-0.25, -0.2) is 4.98 Å². The second-order valence-corrected chi connectivity index (χ2v) is 7.39. The number of aromatic amines is 1. The number of carbonyl (C=O) groups is 1. The fourth-order valence-electron chi connectivity index (χ4n) is 3.50. The first-order chi connectivity index (χ1) is 15.5. The van der Waals surface area contributed by atoms with Gasteiger partial charge in [-0.1, -0.05) is 54.6 Å². The third-order valence-electron chi connectivity index (χ3n) is 5.12. The first-order valence-corrected chi connectivity index (χ1v) is 10.2. The maximum absolute atomic E-state index is 13.5. The van der Waals surface area contributed by atoms with Crippen LogP contribution in [0.2, 0.25) is 0 Å². The molecule has 0 saturated carbocycles. The number of methoxy groups -OCH3 is 1. The highest BCUT2D eigenvalue weighted by molar-refractivity contribution is 6.24. The molecule has 0 radical (unpaired) electrons.